The molecule has 6 atom stereocenters. The van der Waals surface area contributed by atoms with Crippen LogP contribution < -0.4 is 58.7 Å². The van der Waals surface area contributed by atoms with Crippen molar-refractivity contribution in [3.8, 4) is 46.0 Å². The summed E-state index contributed by atoms with van der Waals surface area (Å²) < 4.78 is 53.5. The summed E-state index contributed by atoms with van der Waals surface area (Å²) in [4.78, 5) is 119. The molecule has 4 heterocycles. The standard InChI is InChI=1S/C125H147N7O15/c1-20-28-30-32-36-88(37-33-31-29-21-2)131-122(136)96-54-50-90-92-52-56-98-116-99(57-53-93(114(92)116)91-51-55-97(123(131)137)115(96)113(90)91)125(139)132(124(98)138)89-48-46-87(47-49-89)126-120(134)103-64-111(140-66-74(9)10)95-39-35-41-102(118(95)127-103)130-121(135)104-65-112(141-67-75(11)12)94-38-34-40-101(117(94)128-104)129-119(133)100-63-109(146-72-80(17)26-7)86(62-110(100)147-73-81(18)27-8)45-44-85-61-107(144-70-78(15)24-5)84(60-108(85)145-71-79(16)25-6)43-42-83-59-105(142-68-76(13)22-3)82(19)58-106(83)143-69-77(14)23-4/h34-35,38-65,74-81,88H,20-33,36-37,66-73H2,1-19H3,(H,126,134)(H,129,133)(H,130,135)/b43-42+,45-44+/t76-,77-,78-,79-,80-,81-/m0/s1. The molecule has 15 rings (SSSR count). The van der Waals surface area contributed by atoms with E-state index in [4.69, 9.17) is 47.9 Å². The van der Waals surface area contributed by atoms with Crippen molar-refractivity contribution in [2.75, 3.05) is 73.7 Å². The zero-order valence-electron chi connectivity index (χ0n) is 89.4. The molecule has 0 spiro atoms. The highest BCUT2D eigenvalue weighted by atomic mass is 16.5. The summed E-state index contributed by atoms with van der Waals surface area (Å²) >= 11 is 0. The van der Waals surface area contributed by atoms with Crippen molar-refractivity contribution in [3.63, 3.8) is 0 Å². The number of nitrogens with one attached hydrogen (secondary N) is 3. The molecule has 22 heteroatoms. The van der Waals surface area contributed by atoms with E-state index in [-0.39, 0.29) is 112 Å². The number of carbonyl (C=O) groups excluding carboxylic acids is 7. The maximum absolute atomic E-state index is 15.7. The van der Waals surface area contributed by atoms with Crippen LogP contribution in [0.15, 0.2) is 158 Å². The summed E-state index contributed by atoms with van der Waals surface area (Å²) in [7, 11) is 0. The molecule has 2 aliphatic rings. The number of unbranched alkanes of at least 4 members (excludes halogenated alkanes) is 6. The van der Waals surface area contributed by atoms with Gasteiger partial charge in [-0.15, -0.1) is 0 Å². The topological polar surface area (TPSA) is 262 Å². The lowest BCUT2D eigenvalue weighted by Crippen LogP contribution is -2.47. The summed E-state index contributed by atoms with van der Waals surface area (Å²) in [5.74, 6) is 2.55. The van der Waals surface area contributed by atoms with Crippen molar-refractivity contribution in [2.45, 2.75) is 240 Å². The van der Waals surface area contributed by atoms with Crippen molar-refractivity contribution >= 4 is 153 Å². The fraction of sp³-hybridized carbons (Fsp3) is 0.416. The first-order chi connectivity index (χ1) is 71.0. The van der Waals surface area contributed by atoms with E-state index in [1.165, 1.54) is 0 Å². The van der Waals surface area contributed by atoms with Crippen LogP contribution in [0.3, 0.4) is 0 Å². The molecular weight excluding hydrogens is 1840 g/mol. The highest BCUT2D eigenvalue weighted by Gasteiger charge is 2.41. The minimum atomic E-state index is -0.658. The number of aryl methyl sites for hydroxylation is 1. The van der Waals surface area contributed by atoms with Gasteiger partial charge < -0.3 is 53.8 Å². The molecule has 772 valence electrons. The van der Waals surface area contributed by atoms with Gasteiger partial charge in [0.2, 0.25) is 0 Å². The maximum atomic E-state index is 15.7. The Balaban J connectivity index is 0.714. The van der Waals surface area contributed by atoms with Gasteiger partial charge in [-0.25, -0.2) is 14.9 Å². The Morgan fingerprint density at radius 2 is 0.667 bits per heavy atom. The molecule has 3 N–H and O–H groups in total. The lowest BCUT2D eigenvalue weighted by atomic mass is 9.82. The number of rotatable bonds is 52. The number of imide groups is 2. The Morgan fingerprint density at radius 3 is 1.05 bits per heavy atom. The van der Waals surface area contributed by atoms with Crippen LogP contribution in [0.2, 0.25) is 0 Å². The van der Waals surface area contributed by atoms with Gasteiger partial charge in [-0.05, 0) is 214 Å². The van der Waals surface area contributed by atoms with Crippen LogP contribution in [0.4, 0.5) is 22.7 Å². The van der Waals surface area contributed by atoms with Gasteiger partial charge in [-0.2, -0.15) is 0 Å². The second-order valence-corrected chi connectivity index (χ2v) is 41.7. The molecule has 0 bridgehead atoms. The molecule has 0 saturated carbocycles. The van der Waals surface area contributed by atoms with Crippen molar-refractivity contribution in [1.29, 1.82) is 0 Å². The normalized spacial score (nSPS) is 14.0. The molecule has 0 fully saturated rings. The van der Waals surface area contributed by atoms with Crippen LogP contribution in [0.1, 0.15) is 328 Å². The van der Waals surface area contributed by atoms with Gasteiger partial charge in [0, 0.05) is 89.9 Å². The van der Waals surface area contributed by atoms with Gasteiger partial charge in [0.25, 0.3) is 41.4 Å². The first-order valence-corrected chi connectivity index (χ1v) is 53.7. The first-order valence-electron chi connectivity index (χ1n) is 53.7. The Hall–Kier alpha value is -13.9. The van der Waals surface area contributed by atoms with E-state index in [0.29, 0.717) is 141 Å². The first kappa shape index (κ1) is 107. The fourth-order valence-electron chi connectivity index (χ4n) is 18.5. The number of amides is 7. The zero-order chi connectivity index (χ0) is 105. The molecule has 11 aromatic carbocycles. The average Bonchev–Trinajstić information content (AvgIpc) is 0.686. The molecule has 147 heavy (non-hydrogen) atoms. The smallest absolute Gasteiger partial charge is 0.274 e. The van der Waals surface area contributed by atoms with E-state index in [1.54, 1.807) is 89.8 Å². The van der Waals surface area contributed by atoms with E-state index >= 15 is 19.2 Å². The van der Waals surface area contributed by atoms with Crippen LogP contribution in [0, 0.1) is 54.3 Å². The molecular formula is C125H147N7O15. The lowest BCUT2D eigenvalue weighted by Gasteiger charge is -2.35. The summed E-state index contributed by atoms with van der Waals surface area (Å²) in [5, 5.41) is 16.2. The Bertz CT molecular complexity index is 6930. The number of hydrogen-bond acceptors (Lipinski definition) is 17. The number of ether oxygens (including phenoxy) is 8. The number of carbonyl (C=O) groups is 7. The van der Waals surface area contributed by atoms with Crippen molar-refractivity contribution < 1.29 is 71.5 Å². The summed E-state index contributed by atoms with van der Waals surface area (Å²) in [6.07, 6.45) is 23.5. The highest BCUT2D eigenvalue weighted by molar-refractivity contribution is 6.44. The van der Waals surface area contributed by atoms with E-state index in [2.05, 4.69) is 150 Å². The SMILES string of the molecule is CCCCCCC(CCCCCC)N1C(=O)c2ccc3c4ccc5c6c(ccc(c7ccc(c2c37)C1=O)c64)C(=O)N(c1ccc(NC(=O)c2cc(OCC(C)C)c3cccc(NC(=O)c4cc(OCC(C)C)c6cccc(NC(=O)c7cc(OC[C@@H](C)CC)c(/C=C/c8cc(OC[C@@H](C)CC)c(/C=C/c9cc(OC[C@@H](C)CC)c(C)cc9OC[C@@H](C)CC)cc8OC[C@@H](C)CC)cc7OC[C@@H](C)CC)c6n4)c3n2)cc1)C5=O. The Labute approximate surface area is 866 Å². The van der Waals surface area contributed by atoms with E-state index in [9.17, 15) is 14.4 Å². The van der Waals surface area contributed by atoms with Crippen molar-refractivity contribution in [1.82, 2.24) is 14.9 Å². The van der Waals surface area contributed by atoms with Gasteiger partial charge in [0.15, 0.2) is 0 Å². The zero-order valence-corrected chi connectivity index (χ0v) is 89.4. The number of anilines is 4. The molecule has 0 unspecified atom stereocenters. The van der Waals surface area contributed by atoms with Crippen molar-refractivity contribution in [3.05, 3.63) is 225 Å². The minimum absolute atomic E-state index is 0.0532. The third-order valence-corrected chi connectivity index (χ3v) is 28.9. The number of benzene rings is 11. The van der Waals surface area contributed by atoms with E-state index in [0.717, 1.165) is 174 Å². The monoisotopic (exact) mass is 1990 g/mol. The molecule has 2 aliphatic heterocycles. The predicted octanol–water partition coefficient (Wildman–Crippen LogP) is 30.6. The van der Waals surface area contributed by atoms with Crippen LogP contribution in [-0.2, 0) is 0 Å². The highest BCUT2D eigenvalue weighted by Crippen LogP contribution is 2.49. The Kier molecular flexibility index (Phi) is 35.8. The lowest BCUT2D eigenvalue weighted by molar-refractivity contribution is 0.0515. The summed E-state index contributed by atoms with van der Waals surface area (Å²) in [6, 6.07) is 46.7. The second kappa shape index (κ2) is 49.1. The molecule has 2 aromatic heterocycles. The Morgan fingerprint density at radius 1 is 0.327 bits per heavy atom. The molecule has 0 saturated heterocycles. The number of aromatic nitrogens is 2. The molecule has 22 nitrogen and oxygen atoms in total. The van der Waals surface area contributed by atoms with E-state index in [1.807, 2.05) is 94.4 Å². The second-order valence-electron chi connectivity index (χ2n) is 41.7. The third-order valence-electron chi connectivity index (χ3n) is 28.9. The maximum Gasteiger partial charge on any atom is 0.274 e. The predicted molar refractivity (Wildman–Crippen MR) is 597 cm³/mol. The number of nitrogens with zero attached hydrogens (tertiary/aromatic N) is 4. The summed E-state index contributed by atoms with van der Waals surface area (Å²) in [5.41, 5.74) is 7.43. The number of hydrogen-bond donors (Lipinski definition) is 3. The van der Waals surface area contributed by atoms with Crippen molar-refractivity contribution in [2.24, 2.45) is 47.3 Å². The van der Waals surface area contributed by atoms with Gasteiger partial charge in [0.05, 0.1) is 86.5 Å². The van der Waals surface area contributed by atoms with Gasteiger partial charge in [-0.3, -0.25) is 38.5 Å². The van der Waals surface area contributed by atoms with Gasteiger partial charge in [-0.1, -0.05) is 275 Å². The van der Waals surface area contributed by atoms with Crippen LogP contribution in [0.5, 0.6) is 46.0 Å². The average molecular weight is 1990 g/mol. The quantitative estimate of drug-likeness (QED) is 0.0105. The van der Waals surface area contributed by atoms with Crippen LogP contribution in [0.25, 0.3) is 89.2 Å². The fourth-order valence-corrected chi connectivity index (χ4v) is 18.5. The van der Waals surface area contributed by atoms with E-state index < -0.39 is 29.5 Å². The van der Waals surface area contributed by atoms with Gasteiger partial charge in [0.1, 0.15) is 57.4 Å². The molecule has 13 aromatic rings. The molecule has 7 amide bonds. The minimum Gasteiger partial charge on any atom is -0.493 e. The number of pyridine rings is 2. The molecule has 0 aliphatic carbocycles. The van der Waals surface area contributed by atoms with Crippen LogP contribution >= 0.6 is 0 Å². The number of fused-ring (bicyclic) bond motifs is 4. The largest absolute Gasteiger partial charge is 0.493 e. The number of para-hydroxylation sites is 2. The van der Waals surface area contributed by atoms with Crippen LogP contribution in [-0.4, -0.2) is 115 Å². The molecule has 0 radical (unpaired) electrons. The van der Waals surface area contributed by atoms with Gasteiger partial charge >= 0.3 is 0 Å². The summed E-state index contributed by atoms with van der Waals surface area (Å²) in [6.45, 7) is 43.7. The third kappa shape index (κ3) is 24.5.